The van der Waals surface area contributed by atoms with Gasteiger partial charge in [0.1, 0.15) is 5.75 Å². The third kappa shape index (κ3) is 2.33. The van der Waals surface area contributed by atoms with Crippen molar-refractivity contribution in [2.75, 3.05) is 19.7 Å². The van der Waals surface area contributed by atoms with E-state index in [1.165, 1.54) is 11.3 Å². The molecule has 2 aromatic rings. The Morgan fingerprint density at radius 1 is 1.29 bits per heavy atom. The molecule has 1 aromatic heterocycles. The number of imidazole rings is 1. The molecule has 0 bridgehead atoms. The Hall–Kier alpha value is -1.81. The van der Waals surface area contributed by atoms with Gasteiger partial charge in [0.05, 0.1) is 18.6 Å². The molecular weight excluding hydrogens is 262 g/mol. The molecule has 0 N–H and O–H groups in total. The molecule has 4 rings (SSSR count). The summed E-state index contributed by atoms with van der Waals surface area (Å²) in [6, 6.07) is 8.43. The summed E-state index contributed by atoms with van der Waals surface area (Å²) in [5.41, 5.74) is 2.85. The quantitative estimate of drug-likeness (QED) is 0.866. The van der Waals surface area contributed by atoms with Crippen LogP contribution in [0.5, 0.6) is 5.75 Å². The van der Waals surface area contributed by atoms with Crippen molar-refractivity contribution in [3.05, 3.63) is 48.0 Å². The number of likely N-dealkylation sites (tertiary alicyclic amines) is 1. The number of rotatable bonds is 3. The molecule has 1 spiro atoms. The summed E-state index contributed by atoms with van der Waals surface area (Å²) in [5.74, 6) is 1.07. The van der Waals surface area contributed by atoms with Crippen LogP contribution in [-0.4, -0.2) is 34.1 Å². The van der Waals surface area contributed by atoms with Crippen LogP contribution in [0.2, 0.25) is 0 Å². The number of fused-ring (bicyclic) bond motifs is 1. The summed E-state index contributed by atoms with van der Waals surface area (Å²) < 4.78 is 8.08. The van der Waals surface area contributed by atoms with Gasteiger partial charge in [-0.2, -0.15) is 0 Å². The lowest BCUT2D eigenvalue weighted by molar-refractivity contribution is -0.0483. The number of aryl methyl sites for hydroxylation is 1. The fourth-order valence-corrected chi connectivity index (χ4v) is 3.58. The van der Waals surface area contributed by atoms with Gasteiger partial charge in [0.2, 0.25) is 0 Å². The lowest BCUT2D eigenvalue weighted by Gasteiger charge is -2.51. The molecule has 21 heavy (non-hydrogen) atoms. The van der Waals surface area contributed by atoms with Gasteiger partial charge in [-0.15, -0.1) is 0 Å². The Labute approximate surface area is 125 Å². The molecule has 1 saturated heterocycles. The second kappa shape index (κ2) is 4.88. The Morgan fingerprint density at radius 3 is 2.95 bits per heavy atom. The fourth-order valence-electron chi connectivity index (χ4n) is 3.58. The maximum Gasteiger partial charge on any atom is 0.122 e. The maximum absolute atomic E-state index is 5.95. The van der Waals surface area contributed by atoms with Gasteiger partial charge in [-0.3, -0.25) is 4.90 Å². The van der Waals surface area contributed by atoms with E-state index < -0.39 is 0 Å². The monoisotopic (exact) mass is 283 g/mol. The van der Waals surface area contributed by atoms with Crippen molar-refractivity contribution >= 4 is 0 Å². The predicted octanol–water partition coefficient (Wildman–Crippen LogP) is 2.34. The molecule has 0 unspecified atom stereocenters. The van der Waals surface area contributed by atoms with Gasteiger partial charge < -0.3 is 9.30 Å². The Bertz CT molecular complexity index is 643. The van der Waals surface area contributed by atoms with E-state index in [9.17, 15) is 0 Å². The largest absolute Gasteiger partial charge is 0.493 e. The van der Waals surface area contributed by atoms with Gasteiger partial charge >= 0.3 is 0 Å². The van der Waals surface area contributed by atoms with Crippen LogP contribution in [-0.2, 0) is 19.5 Å². The van der Waals surface area contributed by atoms with Gasteiger partial charge in [-0.1, -0.05) is 18.2 Å². The SMILES string of the molecule is CCn1cnc(CN2CC3(COc4ccccc4C3)C2)c1. The van der Waals surface area contributed by atoms with E-state index in [2.05, 4.69) is 45.8 Å². The number of hydrogen-bond acceptors (Lipinski definition) is 3. The third-order valence-corrected chi connectivity index (χ3v) is 4.63. The molecule has 110 valence electrons. The second-order valence-corrected chi connectivity index (χ2v) is 6.41. The van der Waals surface area contributed by atoms with Gasteiger partial charge in [0.25, 0.3) is 0 Å². The highest BCUT2D eigenvalue weighted by molar-refractivity contribution is 5.36. The molecule has 0 amide bonds. The van der Waals surface area contributed by atoms with Gasteiger partial charge in [0, 0.05) is 37.8 Å². The number of ether oxygens (including phenoxy) is 1. The van der Waals surface area contributed by atoms with E-state index in [1.54, 1.807) is 0 Å². The van der Waals surface area contributed by atoms with Gasteiger partial charge in [-0.25, -0.2) is 4.98 Å². The van der Waals surface area contributed by atoms with Crippen LogP contribution < -0.4 is 4.74 Å². The number of aromatic nitrogens is 2. The molecule has 2 aliphatic rings. The molecule has 4 nitrogen and oxygen atoms in total. The highest BCUT2D eigenvalue weighted by Gasteiger charge is 2.46. The third-order valence-electron chi connectivity index (χ3n) is 4.63. The molecule has 2 aliphatic heterocycles. The summed E-state index contributed by atoms with van der Waals surface area (Å²) in [6.45, 7) is 7.16. The van der Waals surface area contributed by atoms with Crippen LogP contribution in [0, 0.1) is 5.41 Å². The highest BCUT2D eigenvalue weighted by Crippen LogP contribution is 2.41. The Kier molecular flexibility index (Phi) is 3.00. The van der Waals surface area contributed by atoms with E-state index >= 15 is 0 Å². The summed E-state index contributed by atoms with van der Waals surface area (Å²) in [6.07, 6.45) is 5.21. The lowest BCUT2D eigenvalue weighted by atomic mass is 9.74. The first-order valence-corrected chi connectivity index (χ1v) is 7.70. The molecule has 0 saturated carbocycles. The van der Waals surface area contributed by atoms with E-state index in [4.69, 9.17) is 4.74 Å². The molecule has 3 heterocycles. The first-order valence-electron chi connectivity index (χ1n) is 7.70. The Morgan fingerprint density at radius 2 is 2.14 bits per heavy atom. The zero-order valence-corrected chi connectivity index (χ0v) is 12.5. The average Bonchev–Trinajstić information content (AvgIpc) is 2.93. The molecule has 4 heteroatoms. The fraction of sp³-hybridized carbons (Fsp3) is 0.471. The average molecular weight is 283 g/mol. The zero-order chi connectivity index (χ0) is 14.3. The number of para-hydroxylation sites is 1. The molecule has 1 fully saturated rings. The van der Waals surface area contributed by atoms with Crippen molar-refractivity contribution in [2.24, 2.45) is 5.41 Å². The molecule has 0 atom stereocenters. The standard InChI is InChI=1S/C17H21N3O/c1-2-19-8-15(18-13-19)9-20-10-17(11-20)7-14-5-3-4-6-16(14)21-12-17/h3-6,8,13H,2,7,9-12H2,1H3. The van der Waals surface area contributed by atoms with E-state index in [0.29, 0.717) is 5.41 Å². The Balaban J connectivity index is 1.39. The van der Waals surface area contributed by atoms with Crippen LogP contribution in [0.3, 0.4) is 0 Å². The molecule has 1 aromatic carbocycles. The van der Waals surface area contributed by atoms with Crippen molar-refractivity contribution in [1.29, 1.82) is 0 Å². The minimum atomic E-state index is 0.321. The van der Waals surface area contributed by atoms with E-state index in [-0.39, 0.29) is 0 Å². The van der Waals surface area contributed by atoms with E-state index in [1.807, 2.05) is 12.4 Å². The second-order valence-electron chi connectivity index (χ2n) is 6.41. The number of nitrogens with zero attached hydrogens (tertiary/aromatic N) is 3. The van der Waals surface area contributed by atoms with Crippen molar-refractivity contribution in [2.45, 2.75) is 26.4 Å². The van der Waals surface area contributed by atoms with Crippen LogP contribution in [0.1, 0.15) is 18.2 Å². The summed E-state index contributed by atoms with van der Waals surface area (Å²) in [7, 11) is 0. The first kappa shape index (κ1) is 12.9. The van der Waals surface area contributed by atoms with Gasteiger partial charge in [0.15, 0.2) is 0 Å². The normalized spacial score (nSPS) is 19.9. The molecule has 0 radical (unpaired) electrons. The minimum absolute atomic E-state index is 0.321. The van der Waals surface area contributed by atoms with Crippen LogP contribution in [0.15, 0.2) is 36.8 Å². The predicted molar refractivity (Wildman–Crippen MR) is 81.3 cm³/mol. The van der Waals surface area contributed by atoms with Crippen molar-refractivity contribution in [3.8, 4) is 5.75 Å². The van der Waals surface area contributed by atoms with Crippen molar-refractivity contribution in [1.82, 2.24) is 14.5 Å². The first-order chi connectivity index (χ1) is 10.3. The van der Waals surface area contributed by atoms with Gasteiger partial charge in [-0.05, 0) is 25.0 Å². The molecule has 0 aliphatic carbocycles. The van der Waals surface area contributed by atoms with Crippen molar-refractivity contribution in [3.63, 3.8) is 0 Å². The van der Waals surface area contributed by atoms with Crippen molar-refractivity contribution < 1.29 is 4.74 Å². The van der Waals surface area contributed by atoms with Crippen LogP contribution in [0.4, 0.5) is 0 Å². The van der Waals surface area contributed by atoms with Crippen LogP contribution in [0.25, 0.3) is 0 Å². The van der Waals surface area contributed by atoms with E-state index in [0.717, 1.165) is 45.0 Å². The minimum Gasteiger partial charge on any atom is -0.493 e. The topological polar surface area (TPSA) is 30.3 Å². The zero-order valence-electron chi connectivity index (χ0n) is 12.5. The number of benzene rings is 1. The van der Waals surface area contributed by atoms with Crippen LogP contribution >= 0.6 is 0 Å². The smallest absolute Gasteiger partial charge is 0.122 e. The lowest BCUT2D eigenvalue weighted by Crippen LogP contribution is -2.60. The summed E-state index contributed by atoms with van der Waals surface area (Å²) >= 11 is 0. The highest BCUT2D eigenvalue weighted by atomic mass is 16.5. The summed E-state index contributed by atoms with van der Waals surface area (Å²) in [4.78, 5) is 6.94. The molecular formula is C17H21N3O. The maximum atomic E-state index is 5.95. The summed E-state index contributed by atoms with van der Waals surface area (Å²) in [5, 5.41) is 0. The number of hydrogen-bond donors (Lipinski definition) is 0.